The summed E-state index contributed by atoms with van der Waals surface area (Å²) in [6.45, 7) is 11.5. The second kappa shape index (κ2) is 23.8. The Kier molecular flexibility index (Phi) is 20.3. The molecule has 1 amide bonds. The molecular weight excluding hydrogens is 652 g/mol. The maximum absolute atomic E-state index is 13.0. The number of fused-ring (bicyclic) bond motifs is 1. The van der Waals surface area contributed by atoms with Crippen LogP contribution in [-0.2, 0) is 30.3 Å². The highest BCUT2D eigenvalue weighted by Gasteiger charge is 2.28. The van der Waals surface area contributed by atoms with Crippen LogP contribution in [0.15, 0.2) is 11.1 Å². The zero-order valence-electron chi connectivity index (χ0n) is 32.2. The van der Waals surface area contributed by atoms with Gasteiger partial charge in [-0.3, -0.25) is 14.6 Å². The van der Waals surface area contributed by atoms with Gasteiger partial charge in [0.2, 0.25) is 5.95 Å². The molecule has 0 fully saturated rings. The monoisotopic (exact) mass is 718 g/mol. The Bertz CT molecular complexity index is 1370. The fourth-order valence-electron chi connectivity index (χ4n) is 5.88. The van der Waals surface area contributed by atoms with E-state index in [9.17, 15) is 19.2 Å². The highest BCUT2D eigenvalue weighted by molar-refractivity contribution is 5.81. The third-order valence-electron chi connectivity index (χ3n) is 8.78. The van der Waals surface area contributed by atoms with Gasteiger partial charge in [-0.2, -0.15) is 4.98 Å². The largest absolute Gasteiger partial charge is 0.465 e. The lowest BCUT2D eigenvalue weighted by atomic mass is 10.0. The zero-order valence-corrected chi connectivity index (χ0v) is 32.2. The van der Waals surface area contributed by atoms with Crippen molar-refractivity contribution >= 4 is 35.1 Å². The molecule has 13 nitrogen and oxygen atoms in total. The molecule has 0 saturated carbocycles. The first-order chi connectivity index (χ1) is 24.3. The molecule has 13 heteroatoms. The highest BCUT2D eigenvalue weighted by atomic mass is 16.6. The number of nitrogens with one attached hydrogen (secondary N) is 2. The topological polar surface area (TPSA) is 181 Å². The van der Waals surface area contributed by atoms with Crippen LogP contribution in [0.3, 0.4) is 0 Å². The number of carbonyl (C=O) groups is 3. The number of nitrogens with zero attached hydrogens (tertiary/aromatic N) is 3. The molecule has 2 aromatic heterocycles. The van der Waals surface area contributed by atoms with Gasteiger partial charge >= 0.3 is 18.0 Å². The first-order valence-electron chi connectivity index (χ1n) is 19.3. The number of hydrogen-bond acceptors (Lipinski definition) is 10. The molecule has 0 saturated heterocycles. The molecule has 0 spiro atoms. The van der Waals surface area contributed by atoms with E-state index in [1.165, 1.54) is 83.4 Å². The molecule has 2 atom stereocenters. The molecule has 51 heavy (non-hydrogen) atoms. The standard InChI is InChI=1S/C38H66N6O7/c1-7-8-9-10-11-12-13-14-15-16-17-18-19-20-21-22-30(45)50-26-29(25-44-27-40-32-33(44)42-36(39)43-34(32)46)23-24-49-35(47)31(28(2)3)41-37(48)51-38(4,5)6/h27-29,31H,7-26H2,1-6H3,(H,41,48)(H3,39,42,43,46)/t29?,31-/m0/s1. The summed E-state index contributed by atoms with van der Waals surface area (Å²) in [5, 5.41) is 2.60. The van der Waals surface area contributed by atoms with Crippen LogP contribution in [-0.4, -0.2) is 62.4 Å². The fourth-order valence-corrected chi connectivity index (χ4v) is 5.88. The van der Waals surface area contributed by atoms with Gasteiger partial charge in [0.25, 0.3) is 5.56 Å². The van der Waals surface area contributed by atoms with Crippen LogP contribution in [0, 0.1) is 11.8 Å². The maximum atomic E-state index is 13.0. The van der Waals surface area contributed by atoms with E-state index in [2.05, 4.69) is 27.2 Å². The summed E-state index contributed by atoms with van der Waals surface area (Å²) in [5.41, 5.74) is 5.06. The number of rotatable bonds is 26. The number of unbranched alkanes of at least 4 members (excludes halogenated alkanes) is 14. The number of carbonyl (C=O) groups excluding carboxylic acids is 3. The molecule has 0 aliphatic rings. The van der Waals surface area contributed by atoms with Crippen molar-refractivity contribution in [1.29, 1.82) is 0 Å². The van der Waals surface area contributed by atoms with E-state index in [1.807, 2.05) is 0 Å². The van der Waals surface area contributed by atoms with Gasteiger partial charge in [0.05, 0.1) is 19.5 Å². The number of aromatic amines is 1. The van der Waals surface area contributed by atoms with Crippen molar-refractivity contribution in [1.82, 2.24) is 24.8 Å². The summed E-state index contributed by atoms with van der Waals surface area (Å²) < 4.78 is 18.2. The SMILES string of the molecule is CCCCCCCCCCCCCCCCCC(=O)OCC(CCOC(=O)[C@@H](NC(=O)OC(C)(C)C)C(C)C)Cn1cnc2c(=O)[nH]c(N)nc21. The maximum Gasteiger partial charge on any atom is 0.408 e. The van der Waals surface area contributed by atoms with Crippen LogP contribution in [0.4, 0.5) is 10.7 Å². The van der Waals surface area contributed by atoms with E-state index in [1.54, 1.807) is 39.2 Å². The summed E-state index contributed by atoms with van der Waals surface area (Å²) >= 11 is 0. The number of anilines is 1. The number of nitrogens with two attached hydrogens (primary N) is 1. The minimum absolute atomic E-state index is 0.0160. The van der Waals surface area contributed by atoms with E-state index in [4.69, 9.17) is 19.9 Å². The van der Waals surface area contributed by atoms with Crippen molar-refractivity contribution in [3.05, 3.63) is 16.7 Å². The van der Waals surface area contributed by atoms with Crippen LogP contribution in [0.5, 0.6) is 0 Å². The second-order valence-electron chi connectivity index (χ2n) is 15.1. The fraction of sp³-hybridized carbons (Fsp3) is 0.789. The Hall–Kier alpha value is -3.64. The normalized spacial score (nSPS) is 12.9. The van der Waals surface area contributed by atoms with Gasteiger partial charge in [0.15, 0.2) is 11.2 Å². The molecule has 2 aromatic rings. The lowest BCUT2D eigenvalue weighted by molar-refractivity contribution is -0.150. The molecule has 0 aliphatic carbocycles. The quantitative estimate of drug-likeness (QED) is 0.0498. The number of nitrogen functional groups attached to an aromatic ring is 1. The van der Waals surface area contributed by atoms with Crippen LogP contribution >= 0.6 is 0 Å². The van der Waals surface area contributed by atoms with E-state index in [-0.39, 0.29) is 42.5 Å². The summed E-state index contributed by atoms with van der Waals surface area (Å²) in [4.78, 5) is 61.1. The summed E-state index contributed by atoms with van der Waals surface area (Å²) in [7, 11) is 0. The number of aromatic nitrogens is 4. The summed E-state index contributed by atoms with van der Waals surface area (Å²) in [6.07, 6.45) is 20.3. The first kappa shape index (κ1) is 43.5. The zero-order chi connectivity index (χ0) is 37.6. The molecule has 2 heterocycles. The number of imidazole rings is 1. The predicted octanol–water partition coefficient (Wildman–Crippen LogP) is 7.61. The molecule has 4 N–H and O–H groups in total. The average Bonchev–Trinajstić information content (AvgIpc) is 3.45. The molecule has 0 aliphatic heterocycles. The number of ether oxygens (including phenoxy) is 3. The van der Waals surface area contributed by atoms with Crippen molar-refractivity contribution in [2.45, 2.75) is 169 Å². The highest BCUT2D eigenvalue weighted by Crippen LogP contribution is 2.17. The van der Waals surface area contributed by atoms with Gasteiger partial charge in [0.1, 0.15) is 11.6 Å². The van der Waals surface area contributed by atoms with Crippen molar-refractivity contribution in [3.8, 4) is 0 Å². The molecular formula is C38H66N6O7. The van der Waals surface area contributed by atoms with Gasteiger partial charge in [-0.25, -0.2) is 14.6 Å². The Morgan fingerprint density at radius 1 is 0.902 bits per heavy atom. The van der Waals surface area contributed by atoms with Gasteiger partial charge in [-0.1, -0.05) is 111 Å². The van der Waals surface area contributed by atoms with E-state index in [0.29, 0.717) is 25.0 Å². The van der Waals surface area contributed by atoms with Crippen LogP contribution in [0.25, 0.3) is 11.2 Å². The Labute approximate surface area is 304 Å². The molecule has 0 aromatic carbocycles. The summed E-state index contributed by atoms with van der Waals surface area (Å²) in [6, 6.07) is -0.900. The second-order valence-corrected chi connectivity index (χ2v) is 15.1. The van der Waals surface area contributed by atoms with Gasteiger partial charge in [-0.15, -0.1) is 0 Å². The van der Waals surface area contributed by atoms with Gasteiger partial charge < -0.3 is 29.8 Å². The summed E-state index contributed by atoms with van der Waals surface area (Å²) in [5.74, 6) is -1.43. The van der Waals surface area contributed by atoms with Crippen LogP contribution in [0.1, 0.15) is 151 Å². The van der Waals surface area contributed by atoms with Crippen molar-refractivity contribution < 1.29 is 28.6 Å². The predicted molar refractivity (Wildman–Crippen MR) is 200 cm³/mol. The number of H-pyrrole nitrogens is 1. The minimum Gasteiger partial charge on any atom is -0.465 e. The van der Waals surface area contributed by atoms with E-state index in [0.717, 1.165) is 19.3 Å². The molecule has 2 rings (SSSR count). The van der Waals surface area contributed by atoms with E-state index < -0.39 is 29.3 Å². The van der Waals surface area contributed by atoms with Crippen molar-refractivity contribution in [2.75, 3.05) is 18.9 Å². The van der Waals surface area contributed by atoms with Gasteiger partial charge in [0, 0.05) is 18.9 Å². The minimum atomic E-state index is -0.900. The van der Waals surface area contributed by atoms with Crippen molar-refractivity contribution in [3.63, 3.8) is 0 Å². The van der Waals surface area contributed by atoms with Crippen LogP contribution < -0.4 is 16.6 Å². The number of alkyl carbamates (subject to hydrolysis) is 1. The molecule has 0 radical (unpaired) electrons. The number of esters is 2. The smallest absolute Gasteiger partial charge is 0.408 e. The lowest BCUT2D eigenvalue weighted by Gasteiger charge is -2.25. The van der Waals surface area contributed by atoms with E-state index >= 15 is 0 Å². The first-order valence-corrected chi connectivity index (χ1v) is 19.3. The number of hydrogen-bond donors (Lipinski definition) is 3. The Morgan fingerprint density at radius 3 is 2.02 bits per heavy atom. The number of amides is 1. The van der Waals surface area contributed by atoms with Crippen LogP contribution in [0.2, 0.25) is 0 Å². The molecule has 0 bridgehead atoms. The Balaban J connectivity index is 1.80. The lowest BCUT2D eigenvalue weighted by Crippen LogP contribution is -2.47. The van der Waals surface area contributed by atoms with Crippen molar-refractivity contribution in [2.24, 2.45) is 11.8 Å². The third-order valence-corrected chi connectivity index (χ3v) is 8.78. The third kappa shape index (κ3) is 18.4. The average molecular weight is 719 g/mol. The Morgan fingerprint density at radius 2 is 1.47 bits per heavy atom. The molecule has 290 valence electrons. The van der Waals surface area contributed by atoms with Gasteiger partial charge in [-0.05, 0) is 39.5 Å². The molecule has 1 unspecified atom stereocenters.